The van der Waals surface area contributed by atoms with E-state index in [1.165, 1.54) is 10.8 Å². The van der Waals surface area contributed by atoms with E-state index in [9.17, 15) is 4.79 Å². The molecule has 0 aliphatic carbocycles. The Kier molecular flexibility index (Phi) is 5.84. The lowest BCUT2D eigenvalue weighted by Gasteiger charge is -2.10. The minimum Gasteiger partial charge on any atom is -0.493 e. The van der Waals surface area contributed by atoms with Crippen molar-refractivity contribution in [2.45, 2.75) is 25.4 Å². The largest absolute Gasteiger partial charge is 0.493 e. The summed E-state index contributed by atoms with van der Waals surface area (Å²) in [5.41, 5.74) is 10.9. The minimum atomic E-state index is -0.356. The first-order chi connectivity index (χ1) is 14.2. The van der Waals surface area contributed by atoms with Crippen LogP contribution in [0.3, 0.4) is 0 Å². The number of hydrogen-bond donors (Lipinski definition) is 3. The van der Waals surface area contributed by atoms with Gasteiger partial charge in [-0.05, 0) is 47.9 Å². The fourth-order valence-corrected chi connectivity index (χ4v) is 3.49. The van der Waals surface area contributed by atoms with Gasteiger partial charge in [0.2, 0.25) is 0 Å². The maximum absolute atomic E-state index is 12.5. The Bertz CT molecular complexity index is 1030. The number of amides is 1. The van der Waals surface area contributed by atoms with Crippen LogP contribution in [0, 0.1) is 0 Å². The average Bonchev–Trinajstić information content (AvgIpc) is 3.25. The summed E-state index contributed by atoms with van der Waals surface area (Å²) in [7, 11) is 0. The molecule has 0 spiro atoms. The van der Waals surface area contributed by atoms with Gasteiger partial charge in [0.05, 0.1) is 12.8 Å². The minimum absolute atomic E-state index is 0.0676. The number of hydrogen-bond acceptors (Lipinski definition) is 5. The van der Waals surface area contributed by atoms with Crippen LogP contribution in [0.15, 0.2) is 71.8 Å². The lowest BCUT2D eigenvalue weighted by Crippen LogP contribution is -2.41. The SMILES string of the molecule is CCOc1ccccc1/C=N/NC(=O)C1CC(c2ccc3ccccc3c2)NN1. The maximum Gasteiger partial charge on any atom is 0.258 e. The third-order valence-corrected chi connectivity index (χ3v) is 4.99. The monoisotopic (exact) mass is 388 g/mol. The number of carbonyl (C=O) groups is 1. The number of hydrazone groups is 1. The lowest BCUT2D eigenvalue weighted by molar-refractivity contribution is -0.122. The molecule has 0 bridgehead atoms. The van der Waals surface area contributed by atoms with E-state index in [0.29, 0.717) is 13.0 Å². The van der Waals surface area contributed by atoms with Crippen LogP contribution in [0.2, 0.25) is 0 Å². The fraction of sp³-hybridized carbons (Fsp3) is 0.217. The number of nitrogens with one attached hydrogen (secondary N) is 3. The lowest BCUT2D eigenvalue weighted by atomic mass is 9.99. The number of para-hydroxylation sites is 1. The first kappa shape index (κ1) is 19.1. The van der Waals surface area contributed by atoms with Gasteiger partial charge in [0, 0.05) is 11.6 Å². The van der Waals surface area contributed by atoms with Gasteiger partial charge in [0.15, 0.2) is 0 Å². The van der Waals surface area contributed by atoms with Crippen LogP contribution in [0.25, 0.3) is 10.8 Å². The summed E-state index contributed by atoms with van der Waals surface area (Å²) in [5.74, 6) is 0.566. The molecular weight excluding hydrogens is 364 g/mol. The van der Waals surface area contributed by atoms with Crippen LogP contribution in [0.1, 0.15) is 30.5 Å². The van der Waals surface area contributed by atoms with Crippen LogP contribution in [0.5, 0.6) is 5.75 Å². The average molecular weight is 388 g/mol. The molecule has 1 amide bonds. The van der Waals surface area contributed by atoms with E-state index in [0.717, 1.165) is 16.9 Å². The molecule has 148 valence electrons. The smallest absolute Gasteiger partial charge is 0.258 e. The second-order valence-electron chi connectivity index (χ2n) is 6.94. The highest BCUT2D eigenvalue weighted by molar-refractivity contribution is 5.87. The van der Waals surface area contributed by atoms with Crippen LogP contribution in [0.4, 0.5) is 0 Å². The van der Waals surface area contributed by atoms with Gasteiger partial charge in [-0.1, -0.05) is 48.5 Å². The summed E-state index contributed by atoms with van der Waals surface area (Å²) in [5, 5.41) is 6.49. The van der Waals surface area contributed by atoms with Crippen molar-refractivity contribution >= 4 is 22.9 Å². The highest BCUT2D eigenvalue weighted by atomic mass is 16.5. The molecule has 1 aliphatic rings. The molecule has 3 N–H and O–H groups in total. The third kappa shape index (κ3) is 4.45. The molecule has 4 rings (SSSR count). The number of rotatable bonds is 6. The van der Waals surface area contributed by atoms with E-state index in [4.69, 9.17) is 4.74 Å². The predicted molar refractivity (Wildman–Crippen MR) is 115 cm³/mol. The van der Waals surface area contributed by atoms with Gasteiger partial charge in [0.1, 0.15) is 11.8 Å². The van der Waals surface area contributed by atoms with E-state index < -0.39 is 0 Å². The van der Waals surface area contributed by atoms with Gasteiger partial charge in [-0.2, -0.15) is 5.10 Å². The van der Waals surface area contributed by atoms with Crippen molar-refractivity contribution in [1.82, 2.24) is 16.3 Å². The van der Waals surface area contributed by atoms with Crippen molar-refractivity contribution in [2.24, 2.45) is 5.10 Å². The molecular formula is C23H24N4O2. The van der Waals surface area contributed by atoms with E-state index >= 15 is 0 Å². The van der Waals surface area contributed by atoms with Gasteiger partial charge in [-0.25, -0.2) is 16.3 Å². The molecule has 3 aromatic rings. The number of hydrazine groups is 1. The van der Waals surface area contributed by atoms with Gasteiger partial charge in [0.25, 0.3) is 5.91 Å². The molecule has 1 fully saturated rings. The molecule has 29 heavy (non-hydrogen) atoms. The quantitative estimate of drug-likeness (QED) is 0.447. The van der Waals surface area contributed by atoms with Gasteiger partial charge in [-0.15, -0.1) is 0 Å². The number of ether oxygens (including phenoxy) is 1. The van der Waals surface area contributed by atoms with Crippen molar-refractivity contribution in [2.75, 3.05) is 6.61 Å². The molecule has 6 heteroatoms. The molecule has 2 atom stereocenters. The van der Waals surface area contributed by atoms with E-state index in [2.05, 4.69) is 51.7 Å². The molecule has 1 heterocycles. The van der Waals surface area contributed by atoms with Crippen LogP contribution in [-0.2, 0) is 4.79 Å². The summed E-state index contributed by atoms with van der Waals surface area (Å²) in [6, 6.07) is 21.9. The van der Waals surface area contributed by atoms with Crippen molar-refractivity contribution in [1.29, 1.82) is 0 Å². The molecule has 6 nitrogen and oxygen atoms in total. The van der Waals surface area contributed by atoms with E-state index in [1.54, 1.807) is 6.21 Å². The zero-order chi connectivity index (χ0) is 20.1. The molecule has 1 aliphatic heterocycles. The summed E-state index contributed by atoms with van der Waals surface area (Å²) < 4.78 is 5.56. The topological polar surface area (TPSA) is 74.8 Å². The number of fused-ring (bicyclic) bond motifs is 1. The highest BCUT2D eigenvalue weighted by Crippen LogP contribution is 2.25. The zero-order valence-electron chi connectivity index (χ0n) is 16.3. The van der Waals surface area contributed by atoms with Crippen molar-refractivity contribution < 1.29 is 9.53 Å². The fourth-order valence-electron chi connectivity index (χ4n) is 3.49. The number of nitrogens with zero attached hydrogens (tertiary/aromatic N) is 1. The van der Waals surface area contributed by atoms with Crippen LogP contribution in [-0.4, -0.2) is 24.8 Å². The van der Waals surface area contributed by atoms with E-state index in [-0.39, 0.29) is 18.0 Å². The molecule has 0 aromatic heterocycles. The molecule has 0 saturated carbocycles. The predicted octanol–water partition coefficient (Wildman–Crippen LogP) is 3.30. The Balaban J connectivity index is 1.37. The molecule has 1 saturated heterocycles. The Morgan fingerprint density at radius 1 is 1.10 bits per heavy atom. The third-order valence-electron chi connectivity index (χ3n) is 4.99. The van der Waals surface area contributed by atoms with Crippen LogP contribution < -0.4 is 21.0 Å². The maximum atomic E-state index is 12.5. The van der Waals surface area contributed by atoms with Gasteiger partial charge < -0.3 is 4.74 Å². The first-order valence-electron chi connectivity index (χ1n) is 9.79. The Morgan fingerprint density at radius 2 is 1.90 bits per heavy atom. The number of carbonyl (C=O) groups excluding carboxylic acids is 1. The van der Waals surface area contributed by atoms with Crippen LogP contribution >= 0.6 is 0 Å². The standard InChI is InChI=1S/C23H24N4O2/c1-2-29-22-10-6-5-9-19(22)15-24-27-23(28)21-14-20(25-26-21)18-12-11-16-7-3-4-8-17(16)13-18/h3-13,15,20-21,25-26H,2,14H2,1H3,(H,27,28)/b24-15+. The Labute approximate surface area is 169 Å². The number of benzene rings is 3. The Hall–Kier alpha value is -3.22. The van der Waals surface area contributed by atoms with Crippen molar-refractivity contribution in [3.05, 3.63) is 77.9 Å². The molecule has 3 aromatic carbocycles. The Morgan fingerprint density at radius 3 is 2.76 bits per heavy atom. The summed E-state index contributed by atoms with van der Waals surface area (Å²) in [6.07, 6.45) is 2.25. The van der Waals surface area contributed by atoms with Crippen molar-refractivity contribution in [3.63, 3.8) is 0 Å². The second-order valence-corrected chi connectivity index (χ2v) is 6.94. The summed E-state index contributed by atoms with van der Waals surface area (Å²) in [6.45, 7) is 2.51. The first-order valence-corrected chi connectivity index (χ1v) is 9.79. The molecule has 0 radical (unpaired) electrons. The molecule has 2 unspecified atom stereocenters. The summed E-state index contributed by atoms with van der Waals surface area (Å²) >= 11 is 0. The normalized spacial score (nSPS) is 18.9. The second kappa shape index (κ2) is 8.86. The van der Waals surface area contributed by atoms with E-state index in [1.807, 2.05) is 43.3 Å². The van der Waals surface area contributed by atoms with Gasteiger partial charge in [-0.3, -0.25) is 4.79 Å². The zero-order valence-corrected chi connectivity index (χ0v) is 16.3. The summed E-state index contributed by atoms with van der Waals surface area (Å²) in [4.78, 5) is 12.5. The highest BCUT2D eigenvalue weighted by Gasteiger charge is 2.30. The van der Waals surface area contributed by atoms with Gasteiger partial charge >= 0.3 is 0 Å². The van der Waals surface area contributed by atoms with Crippen molar-refractivity contribution in [3.8, 4) is 5.75 Å².